The number of imidazole rings is 2. The Balaban J connectivity index is 0.959. The summed E-state index contributed by atoms with van der Waals surface area (Å²) in [4.78, 5) is 31.7. The van der Waals surface area contributed by atoms with E-state index in [4.69, 9.17) is 14.5 Å². The fraction of sp³-hybridized carbons (Fsp3) is 0.425. The number of hydrogen-bond donors (Lipinski definition) is 5. The number of halogens is 2. The van der Waals surface area contributed by atoms with E-state index in [-0.39, 0.29) is 29.1 Å². The van der Waals surface area contributed by atoms with Gasteiger partial charge in [0, 0.05) is 43.5 Å². The number of likely N-dealkylation sites (tertiary alicyclic amines) is 1. The standard InChI is InChI=1S/C40H43F2N7O4/c1-20(52-2)34(48-39(51)53-3)38(50)49-14-4-5-33(49)36-43-19-32(47-36)23-8-12-27-26-11-7-21(16-28(26)40(41,42)29(27)17-23)22-9-13-30-31(18-22)46-37(45-30)35-24-6-10-25(15-24)44-35/h7-9,11-13,16-20,24-25,33-35,39,44,48,51H,4-6,10,14-15H2,1-3H3,(H,43,47)(H,45,46)/t20-,24+,25-,33+,34?,35+,39?/m1/s1. The molecular weight excluding hydrogens is 680 g/mol. The maximum atomic E-state index is 16.4. The van der Waals surface area contributed by atoms with Crippen LogP contribution in [0.5, 0.6) is 0 Å². The van der Waals surface area contributed by atoms with Gasteiger partial charge in [0.2, 0.25) is 12.3 Å². The Kier molecular flexibility index (Phi) is 8.46. The zero-order chi connectivity index (χ0) is 36.6. The van der Waals surface area contributed by atoms with Gasteiger partial charge in [-0.3, -0.25) is 10.1 Å². The summed E-state index contributed by atoms with van der Waals surface area (Å²) in [6, 6.07) is 16.0. The summed E-state index contributed by atoms with van der Waals surface area (Å²) in [6.07, 6.45) is 4.81. The lowest BCUT2D eigenvalue weighted by molar-refractivity contribution is -0.148. The van der Waals surface area contributed by atoms with Crippen molar-refractivity contribution in [1.29, 1.82) is 0 Å². The molecule has 9 rings (SSSR count). The van der Waals surface area contributed by atoms with Crippen LogP contribution in [0.3, 0.4) is 0 Å². The Morgan fingerprint density at radius 3 is 2.42 bits per heavy atom. The van der Waals surface area contributed by atoms with E-state index in [0.29, 0.717) is 53.1 Å². The van der Waals surface area contributed by atoms with Crippen LogP contribution in [0.1, 0.15) is 73.9 Å². The number of nitrogens with zero attached hydrogens (tertiary/aromatic N) is 3. The van der Waals surface area contributed by atoms with Crippen molar-refractivity contribution in [1.82, 2.24) is 35.5 Å². The largest absolute Gasteiger partial charge is 0.380 e. The minimum atomic E-state index is -3.21. The highest BCUT2D eigenvalue weighted by Gasteiger charge is 2.45. The minimum Gasteiger partial charge on any atom is -0.380 e. The average molecular weight is 724 g/mol. The second kappa shape index (κ2) is 13.1. The lowest BCUT2D eigenvalue weighted by atomic mass is 9.98. The highest BCUT2D eigenvalue weighted by atomic mass is 19.3. The zero-order valence-corrected chi connectivity index (χ0v) is 29.8. The van der Waals surface area contributed by atoms with Crippen molar-refractivity contribution < 1.29 is 28.2 Å². The SMILES string of the molecule is COC(O)NC(C(=O)N1CCC[C@H]1c1ncc(-c2ccc3c(c2)C(F)(F)c2cc(-c4ccc5nc([C@H]6N[C@@H]7CC[C@H]6C7)[nH]c5c4)ccc2-3)[nH]1)[C@@H](C)OC. The second-order valence-corrected chi connectivity index (χ2v) is 14.9. The fourth-order valence-electron chi connectivity index (χ4n) is 9.00. The molecule has 0 spiro atoms. The summed E-state index contributed by atoms with van der Waals surface area (Å²) in [6.45, 7) is 2.24. The molecule has 0 radical (unpaired) electrons. The maximum Gasteiger partial charge on any atom is 0.299 e. The third-order valence-corrected chi connectivity index (χ3v) is 11.9. The third-order valence-electron chi connectivity index (χ3n) is 11.9. The number of aliphatic hydroxyl groups excluding tert-OH is 1. The van der Waals surface area contributed by atoms with Crippen LogP contribution >= 0.6 is 0 Å². The number of ether oxygens (including phenoxy) is 2. The van der Waals surface area contributed by atoms with Crippen molar-refractivity contribution in [3.63, 3.8) is 0 Å². The van der Waals surface area contributed by atoms with Crippen LogP contribution in [-0.4, -0.2) is 81.2 Å². The summed E-state index contributed by atoms with van der Waals surface area (Å²) >= 11 is 0. The molecule has 2 aromatic heterocycles. The molecule has 4 heterocycles. The number of hydrogen-bond acceptors (Lipinski definition) is 8. The number of aromatic nitrogens is 4. The molecule has 2 unspecified atom stereocenters. The Bertz CT molecular complexity index is 2200. The van der Waals surface area contributed by atoms with Gasteiger partial charge in [0.15, 0.2) is 0 Å². The van der Waals surface area contributed by atoms with Crippen LogP contribution in [-0.2, 0) is 20.2 Å². The summed E-state index contributed by atoms with van der Waals surface area (Å²) in [5.74, 6) is -1.34. The molecule has 2 aliphatic carbocycles. The minimum absolute atomic E-state index is 0.0174. The van der Waals surface area contributed by atoms with Gasteiger partial charge in [-0.25, -0.2) is 9.97 Å². The van der Waals surface area contributed by atoms with Crippen molar-refractivity contribution in [3.05, 3.63) is 83.6 Å². The molecule has 11 nitrogen and oxygen atoms in total. The second-order valence-electron chi connectivity index (χ2n) is 14.9. The normalized spacial score (nSPS) is 24.5. The van der Waals surface area contributed by atoms with Gasteiger partial charge in [0.05, 0.1) is 41.1 Å². The summed E-state index contributed by atoms with van der Waals surface area (Å²) in [7, 11) is 2.83. The molecule has 2 bridgehead atoms. The molecule has 5 N–H and O–H groups in total. The highest BCUT2D eigenvalue weighted by Crippen LogP contribution is 2.53. The molecule has 3 fully saturated rings. The topological polar surface area (TPSA) is 140 Å². The van der Waals surface area contributed by atoms with E-state index in [1.165, 1.54) is 39.5 Å². The number of carbonyl (C=O) groups excluding carboxylic acids is 1. The first-order valence-electron chi connectivity index (χ1n) is 18.4. The lowest BCUT2D eigenvalue weighted by Crippen LogP contribution is -2.55. The molecular formula is C40H43F2N7O4. The van der Waals surface area contributed by atoms with Crippen molar-refractivity contribution in [2.24, 2.45) is 5.92 Å². The molecule has 13 heteroatoms. The van der Waals surface area contributed by atoms with E-state index in [9.17, 15) is 9.90 Å². The number of carbonyl (C=O) groups is 1. The monoisotopic (exact) mass is 723 g/mol. The van der Waals surface area contributed by atoms with Gasteiger partial charge in [-0.2, -0.15) is 8.78 Å². The van der Waals surface area contributed by atoms with Gasteiger partial charge in [0.25, 0.3) is 5.92 Å². The van der Waals surface area contributed by atoms with Crippen LogP contribution in [0.15, 0.2) is 60.8 Å². The van der Waals surface area contributed by atoms with Crippen LogP contribution < -0.4 is 10.6 Å². The average Bonchev–Trinajstić information content (AvgIpc) is 4.04. The number of piperidine rings is 1. The van der Waals surface area contributed by atoms with E-state index in [0.717, 1.165) is 34.4 Å². The van der Waals surface area contributed by atoms with Crippen molar-refractivity contribution in [3.8, 4) is 33.5 Å². The maximum absolute atomic E-state index is 16.4. The van der Waals surface area contributed by atoms with Crippen molar-refractivity contribution in [2.45, 2.75) is 81.6 Å². The molecule has 276 valence electrons. The highest BCUT2D eigenvalue weighted by molar-refractivity contribution is 5.87. The number of alkyl halides is 2. The number of methoxy groups -OCH3 is 2. The Morgan fingerprint density at radius 1 is 0.962 bits per heavy atom. The van der Waals surface area contributed by atoms with Gasteiger partial charge in [-0.1, -0.05) is 30.3 Å². The van der Waals surface area contributed by atoms with E-state index in [2.05, 4.69) is 25.6 Å². The molecule has 3 aromatic carbocycles. The van der Waals surface area contributed by atoms with Gasteiger partial charge >= 0.3 is 0 Å². The Morgan fingerprint density at radius 2 is 1.70 bits per heavy atom. The van der Waals surface area contributed by atoms with Crippen LogP contribution in [0, 0.1) is 5.92 Å². The molecule has 1 amide bonds. The van der Waals surface area contributed by atoms with E-state index >= 15 is 8.78 Å². The number of aromatic amines is 2. The van der Waals surface area contributed by atoms with Gasteiger partial charge in [-0.05, 0) is 91.5 Å². The van der Waals surface area contributed by atoms with Gasteiger partial charge < -0.3 is 34.8 Å². The first kappa shape index (κ1) is 34.3. The smallest absolute Gasteiger partial charge is 0.299 e. The molecule has 5 aromatic rings. The number of rotatable bonds is 10. The number of aliphatic hydroxyl groups is 1. The summed E-state index contributed by atoms with van der Waals surface area (Å²) < 4.78 is 43.1. The number of H-pyrrole nitrogens is 2. The van der Waals surface area contributed by atoms with Crippen molar-refractivity contribution in [2.75, 3.05) is 20.8 Å². The van der Waals surface area contributed by atoms with E-state index < -0.39 is 24.5 Å². The van der Waals surface area contributed by atoms with Crippen LogP contribution in [0.25, 0.3) is 44.5 Å². The molecule has 7 atom stereocenters. The molecule has 1 saturated carbocycles. The first-order valence-corrected chi connectivity index (χ1v) is 18.4. The zero-order valence-electron chi connectivity index (χ0n) is 29.8. The summed E-state index contributed by atoms with van der Waals surface area (Å²) in [5.41, 5.74) is 5.45. The third kappa shape index (κ3) is 5.77. The van der Waals surface area contributed by atoms with E-state index in [1.54, 1.807) is 36.2 Å². The Hall–Kier alpha value is -4.53. The Labute approximate surface area is 305 Å². The molecule has 53 heavy (non-hydrogen) atoms. The van der Waals surface area contributed by atoms with Crippen LogP contribution in [0.4, 0.5) is 8.78 Å². The molecule has 2 saturated heterocycles. The lowest BCUT2D eigenvalue weighted by Gasteiger charge is -2.31. The molecule has 2 aliphatic heterocycles. The quantitative estimate of drug-likeness (QED) is 0.109. The predicted octanol–water partition coefficient (Wildman–Crippen LogP) is 6.13. The van der Waals surface area contributed by atoms with Crippen LogP contribution in [0.2, 0.25) is 0 Å². The number of nitrogens with one attached hydrogen (secondary N) is 4. The van der Waals surface area contributed by atoms with Gasteiger partial charge in [-0.15, -0.1) is 0 Å². The summed E-state index contributed by atoms with van der Waals surface area (Å²) in [5, 5.41) is 16.5. The number of benzene rings is 3. The first-order chi connectivity index (χ1) is 25.6. The number of amides is 1. The fourth-order valence-corrected chi connectivity index (χ4v) is 9.00. The van der Waals surface area contributed by atoms with Crippen molar-refractivity contribution >= 4 is 16.9 Å². The van der Waals surface area contributed by atoms with Gasteiger partial charge in [0.1, 0.15) is 17.7 Å². The predicted molar refractivity (Wildman–Crippen MR) is 195 cm³/mol. The number of fused-ring (bicyclic) bond motifs is 6. The van der Waals surface area contributed by atoms with E-state index in [1.807, 2.05) is 30.3 Å². The molecule has 4 aliphatic rings.